The number of hydrogen-bond donors (Lipinski definition) is 1. The summed E-state index contributed by atoms with van der Waals surface area (Å²) in [5.74, 6) is -1.78. The Morgan fingerprint density at radius 1 is 1.03 bits per heavy atom. The van der Waals surface area contributed by atoms with E-state index in [0.717, 1.165) is 41.8 Å². The molecule has 4 aliphatic rings. The Morgan fingerprint density at radius 3 is 2.57 bits per heavy atom. The van der Waals surface area contributed by atoms with Crippen LogP contribution in [-0.2, 0) is 19.9 Å². The molecule has 2 aromatic carbocycles. The summed E-state index contributed by atoms with van der Waals surface area (Å²) in [6.45, 7) is 4.72. The summed E-state index contributed by atoms with van der Waals surface area (Å²) >= 11 is 0. The van der Waals surface area contributed by atoms with Gasteiger partial charge in [0.2, 0.25) is 17.7 Å². The number of aryl methyl sites for hydroxylation is 2. The lowest BCUT2D eigenvalue weighted by molar-refractivity contribution is -0.135. The first-order valence-corrected chi connectivity index (χ1v) is 10.6. The Labute approximate surface area is 174 Å². The number of imide groups is 1. The number of nitrogens with one attached hydrogen (secondary N) is 1. The average Bonchev–Trinajstić information content (AvgIpc) is 3.42. The van der Waals surface area contributed by atoms with Crippen molar-refractivity contribution >= 4 is 29.1 Å². The van der Waals surface area contributed by atoms with Gasteiger partial charge in [-0.3, -0.25) is 19.3 Å². The standard InChI is InChI=1S/C24H23N3O3/c1-13-11-14(2)20-16(12-13)24(23(30)25-20)19-18(17-9-6-10-26(17)24)21(28)27(22(19)29)15-7-4-3-5-8-15/h3-5,7-8,11-12,17-19H,6,9-10H2,1-2H3,(H,25,30). The Hall–Kier alpha value is -2.99. The zero-order chi connectivity index (χ0) is 20.8. The van der Waals surface area contributed by atoms with Crippen molar-refractivity contribution in [3.63, 3.8) is 0 Å². The highest BCUT2D eigenvalue weighted by molar-refractivity contribution is 6.25. The number of fused-ring (bicyclic) bond motifs is 7. The monoisotopic (exact) mass is 401 g/mol. The number of carbonyl (C=O) groups excluding carboxylic acids is 3. The second-order valence-corrected chi connectivity index (χ2v) is 8.98. The van der Waals surface area contributed by atoms with Crippen molar-refractivity contribution in [2.45, 2.75) is 38.3 Å². The number of benzene rings is 2. The third-order valence-electron chi connectivity index (χ3n) is 7.46. The zero-order valence-corrected chi connectivity index (χ0v) is 17.0. The molecule has 30 heavy (non-hydrogen) atoms. The van der Waals surface area contributed by atoms with Crippen LogP contribution in [0, 0.1) is 25.7 Å². The van der Waals surface area contributed by atoms with Gasteiger partial charge in [0.05, 0.1) is 17.5 Å². The highest BCUT2D eigenvalue weighted by Crippen LogP contribution is 2.61. The molecule has 1 spiro atoms. The maximum Gasteiger partial charge on any atom is 0.250 e. The van der Waals surface area contributed by atoms with E-state index >= 15 is 0 Å². The number of hydrogen-bond acceptors (Lipinski definition) is 4. The maximum atomic E-state index is 13.8. The van der Waals surface area contributed by atoms with E-state index in [-0.39, 0.29) is 23.8 Å². The molecule has 6 nitrogen and oxygen atoms in total. The molecule has 1 N–H and O–H groups in total. The first kappa shape index (κ1) is 17.8. The van der Waals surface area contributed by atoms with Crippen molar-refractivity contribution in [2.24, 2.45) is 11.8 Å². The van der Waals surface area contributed by atoms with E-state index in [4.69, 9.17) is 0 Å². The predicted molar refractivity (Wildman–Crippen MR) is 112 cm³/mol. The molecule has 6 rings (SSSR count). The molecule has 4 aliphatic heterocycles. The molecular weight excluding hydrogens is 378 g/mol. The van der Waals surface area contributed by atoms with Gasteiger partial charge in [0.15, 0.2) is 0 Å². The molecule has 0 aromatic heterocycles. The lowest BCUT2D eigenvalue weighted by atomic mass is 9.75. The van der Waals surface area contributed by atoms with E-state index in [9.17, 15) is 14.4 Å². The van der Waals surface area contributed by atoms with Crippen molar-refractivity contribution in [3.05, 3.63) is 59.2 Å². The summed E-state index contributed by atoms with van der Waals surface area (Å²) in [6, 6.07) is 13.1. The summed E-state index contributed by atoms with van der Waals surface area (Å²) in [6.07, 6.45) is 1.76. The minimum atomic E-state index is -1.10. The number of para-hydroxylation sites is 1. The summed E-state index contributed by atoms with van der Waals surface area (Å²) in [7, 11) is 0. The SMILES string of the molecule is Cc1cc(C)c2c(c1)C1(C(=O)N2)C2C(=O)N(c3ccccc3)C(=O)C2C2CCCN21. The Balaban J connectivity index is 1.59. The van der Waals surface area contributed by atoms with Crippen molar-refractivity contribution in [1.82, 2.24) is 4.90 Å². The Morgan fingerprint density at radius 2 is 1.80 bits per heavy atom. The first-order valence-electron chi connectivity index (χ1n) is 10.6. The van der Waals surface area contributed by atoms with Crippen molar-refractivity contribution < 1.29 is 14.4 Å². The smallest absolute Gasteiger partial charge is 0.250 e. The average molecular weight is 401 g/mol. The molecule has 2 aromatic rings. The Kier molecular flexibility index (Phi) is 3.44. The fraction of sp³-hybridized carbons (Fsp3) is 0.375. The van der Waals surface area contributed by atoms with E-state index < -0.39 is 17.4 Å². The number of nitrogens with zero attached hydrogens (tertiary/aromatic N) is 2. The van der Waals surface area contributed by atoms with Gasteiger partial charge in [0, 0.05) is 17.3 Å². The Bertz CT molecular complexity index is 1130. The van der Waals surface area contributed by atoms with Crippen LogP contribution in [0.1, 0.15) is 29.5 Å². The van der Waals surface area contributed by atoms with Gasteiger partial charge >= 0.3 is 0 Å². The van der Waals surface area contributed by atoms with Gasteiger partial charge in [-0.05, 0) is 50.9 Å². The quantitative estimate of drug-likeness (QED) is 0.746. The van der Waals surface area contributed by atoms with Gasteiger partial charge in [-0.25, -0.2) is 4.90 Å². The highest BCUT2D eigenvalue weighted by atomic mass is 16.2. The summed E-state index contributed by atoms with van der Waals surface area (Å²) in [5.41, 5.74) is 3.19. The van der Waals surface area contributed by atoms with Crippen LogP contribution in [0.15, 0.2) is 42.5 Å². The van der Waals surface area contributed by atoms with Gasteiger partial charge in [-0.1, -0.05) is 35.9 Å². The maximum absolute atomic E-state index is 13.8. The fourth-order valence-electron chi connectivity index (χ4n) is 6.49. The second-order valence-electron chi connectivity index (χ2n) is 8.98. The van der Waals surface area contributed by atoms with E-state index in [1.165, 1.54) is 4.90 Å². The molecule has 0 saturated carbocycles. The van der Waals surface area contributed by atoms with Gasteiger partial charge in [-0.15, -0.1) is 0 Å². The lowest BCUT2D eigenvalue weighted by Gasteiger charge is -2.36. The number of carbonyl (C=O) groups is 3. The van der Waals surface area contributed by atoms with Gasteiger partial charge in [-0.2, -0.15) is 0 Å². The van der Waals surface area contributed by atoms with Crippen molar-refractivity contribution in [3.8, 4) is 0 Å². The third kappa shape index (κ3) is 1.90. The zero-order valence-electron chi connectivity index (χ0n) is 17.0. The molecule has 152 valence electrons. The third-order valence-corrected chi connectivity index (χ3v) is 7.46. The molecule has 0 radical (unpaired) electrons. The van der Waals surface area contributed by atoms with Crippen LogP contribution in [0.3, 0.4) is 0 Å². The van der Waals surface area contributed by atoms with Crippen LogP contribution in [-0.4, -0.2) is 35.2 Å². The highest BCUT2D eigenvalue weighted by Gasteiger charge is 2.74. The molecule has 3 fully saturated rings. The van der Waals surface area contributed by atoms with Crippen LogP contribution >= 0.6 is 0 Å². The summed E-state index contributed by atoms with van der Waals surface area (Å²) in [5, 5.41) is 3.08. The van der Waals surface area contributed by atoms with Crippen molar-refractivity contribution in [2.75, 3.05) is 16.8 Å². The minimum absolute atomic E-state index is 0.0855. The molecule has 3 amide bonds. The first-order chi connectivity index (χ1) is 14.5. The van der Waals surface area contributed by atoms with E-state index in [2.05, 4.69) is 10.2 Å². The molecule has 6 heteroatoms. The van der Waals surface area contributed by atoms with Crippen molar-refractivity contribution in [1.29, 1.82) is 0 Å². The van der Waals surface area contributed by atoms with E-state index in [0.29, 0.717) is 5.69 Å². The number of anilines is 2. The number of rotatable bonds is 1. The van der Waals surface area contributed by atoms with Gasteiger partial charge in [0.25, 0.3) is 0 Å². The molecular formula is C24H23N3O3. The van der Waals surface area contributed by atoms with Crippen LogP contribution in [0.2, 0.25) is 0 Å². The molecule has 0 aliphatic carbocycles. The molecule has 0 bridgehead atoms. The van der Waals surface area contributed by atoms with E-state index in [1.807, 2.05) is 44.2 Å². The van der Waals surface area contributed by atoms with Crippen LogP contribution in [0.4, 0.5) is 11.4 Å². The largest absolute Gasteiger partial charge is 0.324 e. The number of amides is 3. The second kappa shape index (κ2) is 5.79. The molecule has 4 atom stereocenters. The van der Waals surface area contributed by atoms with E-state index in [1.54, 1.807) is 12.1 Å². The van der Waals surface area contributed by atoms with Gasteiger partial charge < -0.3 is 5.32 Å². The van der Waals surface area contributed by atoms with Crippen LogP contribution in [0.5, 0.6) is 0 Å². The fourth-order valence-corrected chi connectivity index (χ4v) is 6.49. The van der Waals surface area contributed by atoms with Crippen LogP contribution < -0.4 is 10.2 Å². The molecule has 4 heterocycles. The normalized spacial score (nSPS) is 32.0. The van der Waals surface area contributed by atoms with Crippen LogP contribution in [0.25, 0.3) is 0 Å². The summed E-state index contributed by atoms with van der Waals surface area (Å²) < 4.78 is 0. The predicted octanol–water partition coefficient (Wildman–Crippen LogP) is 2.73. The molecule has 4 unspecified atom stereocenters. The lowest BCUT2D eigenvalue weighted by Crippen LogP contribution is -2.54. The minimum Gasteiger partial charge on any atom is -0.324 e. The van der Waals surface area contributed by atoms with Gasteiger partial charge in [0.1, 0.15) is 5.54 Å². The topological polar surface area (TPSA) is 69.7 Å². The molecule has 3 saturated heterocycles. The summed E-state index contributed by atoms with van der Waals surface area (Å²) in [4.78, 5) is 44.5.